The van der Waals surface area contributed by atoms with Crippen LogP contribution < -0.4 is 11.1 Å². The van der Waals surface area contributed by atoms with Gasteiger partial charge in [-0.15, -0.1) is 0 Å². The van der Waals surface area contributed by atoms with Gasteiger partial charge >= 0.3 is 0 Å². The fraction of sp³-hybridized carbons (Fsp3) is 0.938. The van der Waals surface area contributed by atoms with Crippen molar-refractivity contribution in [3.05, 3.63) is 0 Å². The zero-order valence-corrected chi connectivity index (χ0v) is 12.5. The van der Waals surface area contributed by atoms with Crippen LogP contribution in [-0.4, -0.2) is 18.0 Å². The zero-order chi connectivity index (χ0) is 13.8. The predicted molar refractivity (Wildman–Crippen MR) is 78.7 cm³/mol. The summed E-state index contributed by atoms with van der Waals surface area (Å²) in [6.45, 7) is 4.44. The van der Waals surface area contributed by atoms with Crippen molar-refractivity contribution in [2.75, 3.05) is 0 Å². The molecule has 0 bridgehead atoms. The zero-order valence-electron chi connectivity index (χ0n) is 12.5. The Morgan fingerprint density at radius 3 is 2.63 bits per heavy atom. The van der Waals surface area contributed by atoms with Gasteiger partial charge in [-0.25, -0.2) is 0 Å². The first-order valence-electron chi connectivity index (χ1n) is 8.17. The van der Waals surface area contributed by atoms with E-state index in [1.54, 1.807) is 0 Å². The molecule has 0 aromatic heterocycles. The van der Waals surface area contributed by atoms with Gasteiger partial charge in [-0.3, -0.25) is 4.79 Å². The van der Waals surface area contributed by atoms with Crippen LogP contribution in [0.15, 0.2) is 0 Å². The van der Waals surface area contributed by atoms with Crippen LogP contribution in [0.4, 0.5) is 0 Å². The van der Waals surface area contributed by atoms with Crippen LogP contribution in [0.1, 0.15) is 65.2 Å². The maximum atomic E-state index is 12.4. The van der Waals surface area contributed by atoms with Crippen molar-refractivity contribution in [3.8, 4) is 0 Å². The Bertz CT molecular complexity index is 305. The lowest BCUT2D eigenvalue weighted by Gasteiger charge is -2.35. The summed E-state index contributed by atoms with van der Waals surface area (Å²) in [7, 11) is 0. The van der Waals surface area contributed by atoms with Crippen molar-refractivity contribution in [2.45, 2.75) is 77.3 Å². The Morgan fingerprint density at radius 2 is 1.95 bits per heavy atom. The summed E-state index contributed by atoms with van der Waals surface area (Å²) >= 11 is 0. The van der Waals surface area contributed by atoms with Gasteiger partial charge in [0.15, 0.2) is 0 Å². The maximum Gasteiger partial charge on any atom is 0.223 e. The number of nitrogens with one attached hydrogen (secondary N) is 1. The van der Waals surface area contributed by atoms with Crippen LogP contribution in [0.25, 0.3) is 0 Å². The number of hydrogen-bond donors (Lipinski definition) is 2. The highest BCUT2D eigenvalue weighted by Gasteiger charge is 2.32. The fourth-order valence-electron chi connectivity index (χ4n) is 3.78. The van der Waals surface area contributed by atoms with Crippen LogP contribution in [0, 0.1) is 17.8 Å². The van der Waals surface area contributed by atoms with Crippen molar-refractivity contribution in [3.63, 3.8) is 0 Å². The number of hydrogen-bond acceptors (Lipinski definition) is 2. The van der Waals surface area contributed by atoms with E-state index in [0.29, 0.717) is 17.9 Å². The van der Waals surface area contributed by atoms with Crippen LogP contribution in [0.3, 0.4) is 0 Å². The maximum absolute atomic E-state index is 12.4. The molecule has 2 rings (SSSR count). The smallest absolute Gasteiger partial charge is 0.223 e. The van der Waals surface area contributed by atoms with E-state index in [4.69, 9.17) is 5.73 Å². The summed E-state index contributed by atoms with van der Waals surface area (Å²) in [6.07, 6.45) is 9.22. The molecule has 0 aliphatic heterocycles. The van der Waals surface area contributed by atoms with Crippen molar-refractivity contribution >= 4 is 5.91 Å². The molecule has 0 radical (unpaired) electrons. The molecule has 3 heteroatoms. The molecule has 0 spiro atoms. The topological polar surface area (TPSA) is 55.1 Å². The van der Waals surface area contributed by atoms with Crippen molar-refractivity contribution < 1.29 is 4.79 Å². The molecular weight excluding hydrogens is 236 g/mol. The normalized spacial score (nSPS) is 39.8. The summed E-state index contributed by atoms with van der Waals surface area (Å²) in [5, 5.41) is 3.33. The molecule has 2 fully saturated rings. The van der Waals surface area contributed by atoms with Gasteiger partial charge in [0.2, 0.25) is 5.91 Å². The summed E-state index contributed by atoms with van der Waals surface area (Å²) in [6, 6.07) is 0.625. The van der Waals surface area contributed by atoms with E-state index in [1.807, 2.05) is 0 Å². The quantitative estimate of drug-likeness (QED) is 0.825. The first kappa shape index (κ1) is 14.8. The molecule has 3 N–H and O–H groups in total. The molecule has 5 atom stereocenters. The number of carbonyl (C=O) groups is 1. The number of amides is 1. The van der Waals surface area contributed by atoms with Gasteiger partial charge < -0.3 is 11.1 Å². The minimum atomic E-state index is 0.158. The van der Waals surface area contributed by atoms with E-state index >= 15 is 0 Å². The third-order valence-corrected chi connectivity index (χ3v) is 5.39. The van der Waals surface area contributed by atoms with Crippen LogP contribution >= 0.6 is 0 Å². The highest BCUT2D eigenvalue weighted by molar-refractivity contribution is 5.79. The summed E-state index contributed by atoms with van der Waals surface area (Å²) in [4.78, 5) is 12.4. The minimum absolute atomic E-state index is 0.158. The molecule has 3 nitrogen and oxygen atoms in total. The summed E-state index contributed by atoms with van der Waals surface area (Å²) in [5.41, 5.74) is 6.11. The Morgan fingerprint density at radius 1 is 1.21 bits per heavy atom. The van der Waals surface area contributed by atoms with Crippen LogP contribution in [-0.2, 0) is 4.79 Å². The second-order valence-corrected chi connectivity index (χ2v) is 6.72. The SMILES string of the molecule is CCC1CCCCC1NC(=O)C1CCC(C)C(N)C1. The molecule has 19 heavy (non-hydrogen) atoms. The van der Waals surface area contributed by atoms with E-state index in [1.165, 1.54) is 32.1 Å². The number of rotatable bonds is 3. The second-order valence-electron chi connectivity index (χ2n) is 6.72. The number of carbonyl (C=O) groups excluding carboxylic acids is 1. The highest BCUT2D eigenvalue weighted by atomic mass is 16.1. The van der Waals surface area contributed by atoms with Gasteiger partial charge in [0.25, 0.3) is 0 Å². The third-order valence-electron chi connectivity index (χ3n) is 5.39. The van der Waals surface area contributed by atoms with Crippen molar-refractivity contribution in [2.24, 2.45) is 23.5 Å². The molecule has 0 heterocycles. The predicted octanol–water partition coefficient (Wildman–Crippen LogP) is 2.83. The average Bonchev–Trinajstić information content (AvgIpc) is 2.42. The van der Waals surface area contributed by atoms with E-state index < -0.39 is 0 Å². The third kappa shape index (κ3) is 3.71. The van der Waals surface area contributed by atoms with Crippen LogP contribution in [0.2, 0.25) is 0 Å². The number of nitrogens with two attached hydrogens (primary N) is 1. The molecule has 0 aromatic carbocycles. The largest absolute Gasteiger partial charge is 0.353 e. The first-order chi connectivity index (χ1) is 9.11. The van der Waals surface area contributed by atoms with Gasteiger partial charge in [-0.1, -0.05) is 33.1 Å². The summed E-state index contributed by atoms with van der Waals surface area (Å²) in [5.74, 6) is 1.69. The standard InChI is InChI=1S/C16H30N2O/c1-3-12-6-4-5-7-15(12)18-16(19)13-9-8-11(2)14(17)10-13/h11-15H,3-10,17H2,1-2H3,(H,18,19). The van der Waals surface area contributed by atoms with E-state index in [0.717, 1.165) is 19.3 Å². The Kier molecular flexibility index (Phi) is 5.26. The molecule has 110 valence electrons. The van der Waals surface area contributed by atoms with Crippen molar-refractivity contribution in [1.82, 2.24) is 5.32 Å². The Hall–Kier alpha value is -0.570. The molecular formula is C16H30N2O. The van der Waals surface area contributed by atoms with E-state index in [-0.39, 0.29) is 17.9 Å². The molecule has 2 aliphatic rings. The van der Waals surface area contributed by atoms with Gasteiger partial charge in [-0.05, 0) is 43.9 Å². The molecule has 2 aliphatic carbocycles. The second kappa shape index (κ2) is 6.74. The lowest BCUT2D eigenvalue weighted by atomic mass is 9.78. The molecule has 0 aromatic rings. The Balaban J connectivity index is 1.86. The molecule has 0 saturated heterocycles. The lowest BCUT2D eigenvalue weighted by molar-refractivity contribution is -0.127. The first-order valence-corrected chi connectivity index (χ1v) is 8.17. The molecule has 1 amide bonds. The van der Waals surface area contributed by atoms with Gasteiger partial charge in [0.05, 0.1) is 0 Å². The highest BCUT2D eigenvalue weighted by Crippen LogP contribution is 2.30. The summed E-state index contributed by atoms with van der Waals surface area (Å²) < 4.78 is 0. The molecule has 2 saturated carbocycles. The minimum Gasteiger partial charge on any atom is -0.353 e. The monoisotopic (exact) mass is 266 g/mol. The lowest BCUT2D eigenvalue weighted by Crippen LogP contribution is -2.47. The van der Waals surface area contributed by atoms with Gasteiger partial charge in [0, 0.05) is 18.0 Å². The van der Waals surface area contributed by atoms with Gasteiger partial charge in [-0.2, -0.15) is 0 Å². The average molecular weight is 266 g/mol. The van der Waals surface area contributed by atoms with Crippen molar-refractivity contribution in [1.29, 1.82) is 0 Å². The Labute approximate surface area is 117 Å². The van der Waals surface area contributed by atoms with Gasteiger partial charge in [0.1, 0.15) is 0 Å². The molecule has 5 unspecified atom stereocenters. The fourth-order valence-corrected chi connectivity index (χ4v) is 3.78. The van der Waals surface area contributed by atoms with E-state index in [2.05, 4.69) is 19.2 Å². The van der Waals surface area contributed by atoms with E-state index in [9.17, 15) is 4.79 Å². The van der Waals surface area contributed by atoms with Crippen LogP contribution in [0.5, 0.6) is 0 Å².